The Kier molecular flexibility index (Phi) is 25.8. The number of hydrogen-bond donors (Lipinski definition) is 8. The number of amides is 8. The Morgan fingerprint density at radius 2 is 0.540 bits per heavy atom. The lowest BCUT2D eigenvalue weighted by Crippen LogP contribution is -2.51. The summed E-state index contributed by atoms with van der Waals surface area (Å²) in [5, 5.41) is 10.9. The molecule has 6 fully saturated rings. The summed E-state index contributed by atoms with van der Waals surface area (Å²) in [6, 6.07) is 34.2. The monoisotopic (exact) mass is 1700 g/mol. The topological polar surface area (TPSA) is 356 Å². The van der Waals surface area contributed by atoms with Crippen LogP contribution in [-0.4, -0.2) is 186 Å². The van der Waals surface area contributed by atoms with Gasteiger partial charge in [-0.3, -0.25) is 19.2 Å². The molecule has 10 aromatic rings. The maximum Gasteiger partial charge on any atom is 0.407 e. The average Bonchev–Trinajstić information content (AvgIpc) is 1.62. The van der Waals surface area contributed by atoms with Crippen molar-refractivity contribution in [2.45, 2.75) is 205 Å². The number of hydrogen-bond acceptors (Lipinski definition) is 18. The Labute approximate surface area is 718 Å². The largest absolute Gasteiger partial charge is 0.453 e. The third-order valence-corrected chi connectivity index (χ3v) is 25.6. The van der Waals surface area contributed by atoms with Gasteiger partial charge in [-0.05, 0) is 220 Å². The van der Waals surface area contributed by atoms with Crippen LogP contribution < -0.4 is 31.1 Å². The first-order chi connectivity index (χ1) is 59.7. The number of benzene rings is 6. The van der Waals surface area contributed by atoms with E-state index in [1.807, 2.05) is 124 Å². The lowest BCUT2D eigenvalue weighted by Gasteiger charge is -2.33. The maximum atomic E-state index is 14.4. The Morgan fingerprint density at radius 3 is 0.742 bits per heavy atom. The Hall–Kier alpha value is -12.4. The normalized spacial score (nSPS) is 21.3. The molecule has 4 aromatic heterocycles. The second-order valence-electron chi connectivity index (χ2n) is 34.8. The van der Waals surface area contributed by atoms with Crippen molar-refractivity contribution in [2.75, 3.05) is 64.4 Å². The SMILES string of the molecule is COC(=O)N[C@H](C(=O)N1CCC[C@H]1c1nc2ccc([C@@H]3CC[C@@H](c4ccc5nc([C@@H]6CCCN6C(=O)[C@@H](NC(=O)OC)C(C)C)[nH]c5c4)N3c3ccc(F)cc3)cc2[nH]1)C(C)C.COC(=O)N[C@H](C(=O)N1CCC[C@H]1c1nc2ccc([C@H]3CC[C@H](c4ccc5nc([C@@H]6CCCN6C(=O)[C@@H](NC(=O)OC)C(C)C)[nH]c5c4)N3c3ccc(F)cc3)cc2[nH]1)C(C)C. The molecule has 124 heavy (non-hydrogen) atoms. The number of anilines is 2. The number of alkyl carbamates (subject to hydrolysis) is 4. The first kappa shape index (κ1) is 86.6. The number of nitrogens with one attached hydrogen (secondary N) is 8. The third-order valence-electron chi connectivity index (χ3n) is 25.6. The second-order valence-corrected chi connectivity index (χ2v) is 34.8. The lowest BCUT2D eigenvalue weighted by molar-refractivity contribution is -0.136. The van der Waals surface area contributed by atoms with Crippen LogP contribution in [0.2, 0.25) is 0 Å². The first-order valence-corrected chi connectivity index (χ1v) is 43.4. The fraction of sp³-hybridized carbons (Fsp3) is 0.478. The van der Waals surface area contributed by atoms with Gasteiger partial charge in [0.25, 0.3) is 0 Å². The minimum absolute atomic E-state index is 0.0408. The molecular weight excluding hydrogens is 1590 g/mol. The minimum atomic E-state index is -0.725. The smallest absolute Gasteiger partial charge is 0.407 e. The van der Waals surface area contributed by atoms with E-state index < -0.39 is 48.5 Å². The molecule has 8 amide bonds. The summed E-state index contributed by atoms with van der Waals surface area (Å²) in [6.07, 6.45) is 7.04. The van der Waals surface area contributed by atoms with Gasteiger partial charge in [0.2, 0.25) is 23.6 Å². The van der Waals surface area contributed by atoms with E-state index in [9.17, 15) is 47.1 Å². The third kappa shape index (κ3) is 17.8. The molecule has 0 radical (unpaired) electrons. The number of aromatic amines is 4. The quantitative estimate of drug-likeness (QED) is 0.0292. The molecule has 6 aromatic carbocycles. The van der Waals surface area contributed by atoms with Gasteiger partial charge in [-0.2, -0.15) is 0 Å². The van der Waals surface area contributed by atoms with Crippen LogP contribution in [-0.2, 0) is 38.1 Å². The summed E-state index contributed by atoms with van der Waals surface area (Å²) in [5.74, 6) is 1.02. The van der Waals surface area contributed by atoms with Crippen molar-refractivity contribution in [1.29, 1.82) is 0 Å². The molecule has 0 aliphatic carbocycles. The second kappa shape index (κ2) is 37.0. The number of ether oxygens (including phenoxy) is 4. The van der Waals surface area contributed by atoms with E-state index in [0.29, 0.717) is 49.5 Å². The number of carbonyl (C=O) groups excluding carboxylic acids is 8. The van der Waals surface area contributed by atoms with E-state index in [1.165, 1.54) is 52.7 Å². The number of nitrogens with zero attached hydrogens (tertiary/aromatic N) is 10. The van der Waals surface area contributed by atoms with Crippen molar-refractivity contribution in [3.8, 4) is 0 Å². The number of likely N-dealkylation sites (tertiary alicyclic amines) is 4. The van der Waals surface area contributed by atoms with Crippen molar-refractivity contribution in [3.63, 3.8) is 0 Å². The zero-order chi connectivity index (χ0) is 87.6. The number of H-pyrrole nitrogens is 4. The number of rotatable bonds is 22. The molecule has 656 valence electrons. The lowest BCUT2D eigenvalue weighted by atomic mass is 10.0. The highest BCUT2D eigenvalue weighted by molar-refractivity contribution is 5.90. The molecule has 6 aliphatic heterocycles. The van der Waals surface area contributed by atoms with Crippen molar-refractivity contribution in [1.82, 2.24) is 80.7 Å². The number of carbonyl (C=O) groups is 8. The number of halogens is 2. The van der Waals surface area contributed by atoms with Gasteiger partial charge in [0, 0.05) is 37.6 Å². The highest BCUT2D eigenvalue weighted by Crippen LogP contribution is 2.51. The van der Waals surface area contributed by atoms with E-state index >= 15 is 0 Å². The molecule has 0 bridgehead atoms. The van der Waals surface area contributed by atoms with Gasteiger partial charge in [0.1, 0.15) is 59.1 Å². The van der Waals surface area contributed by atoms with Crippen LogP contribution in [0.5, 0.6) is 0 Å². The molecule has 0 spiro atoms. The summed E-state index contributed by atoms with van der Waals surface area (Å²) in [6.45, 7) is 17.4. The summed E-state index contributed by atoms with van der Waals surface area (Å²) >= 11 is 0. The van der Waals surface area contributed by atoms with Crippen LogP contribution in [0.25, 0.3) is 44.1 Å². The van der Waals surface area contributed by atoms with E-state index in [2.05, 4.69) is 99.5 Å². The number of methoxy groups -OCH3 is 4. The van der Waals surface area contributed by atoms with Crippen molar-refractivity contribution in [3.05, 3.63) is 179 Å². The number of imidazole rings is 4. The van der Waals surface area contributed by atoms with Gasteiger partial charge in [0.15, 0.2) is 0 Å². The van der Waals surface area contributed by atoms with Crippen molar-refractivity contribution < 1.29 is 66.1 Å². The molecule has 10 heterocycles. The van der Waals surface area contributed by atoms with E-state index in [-0.39, 0.29) is 107 Å². The standard InChI is InChI=1S/2C46H56FN9O6/c2*1-25(2)39(52-45(59)61-5)43(57)54-21-7-9-37(54)41-48-31-17-11-27(23-33(31)50-41)35-19-20-36(56(35)30-15-13-29(47)14-16-30)28-12-18-32-34(24-28)51-42(49-32)38-10-8-22-55(38)44(58)40(26(3)4)53-46(60)62-6/h2*11-18,23-26,35-40H,7-10,19-22H2,1-6H3,(H,48,50)(H,49,51)(H,52,59)(H,53,60)/t35-,36-,37+,38+,39+,40+;35-,36-,37-,38-,39-,40-/m10/s1. The molecule has 0 saturated carbocycles. The van der Waals surface area contributed by atoms with Crippen LogP contribution in [0.4, 0.5) is 39.3 Å². The van der Waals surface area contributed by atoms with Crippen LogP contribution in [0, 0.1) is 35.3 Å². The van der Waals surface area contributed by atoms with Gasteiger partial charge in [0.05, 0.1) is 121 Å². The van der Waals surface area contributed by atoms with Gasteiger partial charge in [-0.25, -0.2) is 47.9 Å². The Morgan fingerprint density at radius 1 is 0.323 bits per heavy atom. The van der Waals surface area contributed by atoms with Crippen LogP contribution in [0.3, 0.4) is 0 Å². The summed E-state index contributed by atoms with van der Waals surface area (Å²) in [7, 11) is 5.14. The Bertz CT molecular complexity index is 4950. The maximum absolute atomic E-state index is 14.4. The average molecular weight is 1700 g/mol. The van der Waals surface area contributed by atoms with E-state index in [1.54, 1.807) is 0 Å². The molecule has 0 unspecified atom stereocenters. The van der Waals surface area contributed by atoms with Crippen molar-refractivity contribution >= 4 is 104 Å². The summed E-state index contributed by atoms with van der Waals surface area (Å²) in [5.41, 5.74) is 12.7. The van der Waals surface area contributed by atoms with Gasteiger partial charge in [-0.1, -0.05) is 79.7 Å². The predicted molar refractivity (Wildman–Crippen MR) is 463 cm³/mol. The molecule has 8 N–H and O–H groups in total. The number of fused-ring (bicyclic) bond motifs is 4. The summed E-state index contributed by atoms with van der Waals surface area (Å²) in [4.78, 5) is 150. The van der Waals surface area contributed by atoms with Crippen LogP contribution >= 0.6 is 0 Å². The molecular formula is C92H112F2N18O12. The highest BCUT2D eigenvalue weighted by atomic mass is 19.1. The van der Waals surface area contributed by atoms with E-state index in [0.717, 1.165) is 155 Å². The van der Waals surface area contributed by atoms with Crippen LogP contribution in [0.1, 0.15) is 226 Å². The van der Waals surface area contributed by atoms with Crippen LogP contribution in [0.15, 0.2) is 121 Å². The molecule has 30 nitrogen and oxygen atoms in total. The molecule has 6 aliphatic rings. The van der Waals surface area contributed by atoms with Gasteiger partial charge < -0.3 is 89.5 Å². The van der Waals surface area contributed by atoms with Crippen molar-refractivity contribution in [2.24, 2.45) is 23.7 Å². The fourth-order valence-electron chi connectivity index (χ4n) is 19.3. The Balaban J connectivity index is 0.000000192. The molecule has 16 rings (SSSR count). The first-order valence-electron chi connectivity index (χ1n) is 43.4. The predicted octanol–water partition coefficient (Wildman–Crippen LogP) is 15.5. The highest BCUT2D eigenvalue weighted by Gasteiger charge is 2.45. The van der Waals surface area contributed by atoms with Gasteiger partial charge in [-0.15, -0.1) is 0 Å². The zero-order valence-corrected chi connectivity index (χ0v) is 72.2. The molecule has 12 atom stereocenters. The van der Waals surface area contributed by atoms with E-state index in [4.69, 9.17) is 38.9 Å². The molecule has 32 heteroatoms. The minimum Gasteiger partial charge on any atom is -0.453 e. The zero-order valence-electron chi connectivity index (χ0n) is 72.2. The number of aromatic nitrogens is 8. The molecule has 6 saturated heterocycles. The fourth-order valence-corrected chi connectivity index (χ4v) is 19.3. The summed E-state index contributed by atoms with van der Waals surface area (Å²) < 4.78 is 47.9. The van der Waals surface area contributed by atoms with Gasteiger partial charge >= 0.3 is 24.4 Å².